The fourth-order valence-corrected chi connectivity index (χ4v) is 1.79. The molecule has 0 radical (unpaired) electrons. The third-order valence-electron chi connectivity index (χ3n) is 2.71. The molecular weight excluding hydrogens is 283 g/mol. The molecular formula is C15H12F3NO2. The number of hydrogen-bond donors (Lipinski definition) is 0. The molecule has 0 N–H and O–H groups in total. The summed E-state index contributed by atoms with van der Waals surface area (Å²) in [6.07, 6.45) is -3.20. The van der Waals surface area contributed by atoms with Crippen molar-refractivity contribution in [1.29, 1.82) is 0 Å². The van der Waals surface area contributed by atoms with Crippen molar-refractivity contribution in [3.8, 4) is 11.3 Å². The number of hydrogen-bond acceptors (Lipinski definition) is 2. The number of alkyl halides is 3. The first-order valence-electron chi connectivity index (χ1n) is 6.07. The van der Waals surface area contributed by atoms with Crippen LogP contribution >= 0.6 is 0 Å². The van der Waals surface area contributed by atoms with E-state index in [0.717, 1.165) is 10.8 Å². The molecule has 0 atom stereocenters. The first kappa shape index (κ1) is 14.9. The molecule has 110 valence electrons. The summed E-state index contributed by atoms with van der Waals surface area (Å²) < 4.78 is 39.4. The van der Waals surface area contributed by atoms with Gasteiger partial charge in [-0.25, -0.2) is 0 Å². The van der Waals surface area contributed by atoms with Crippen LogP contribution in [-0.4, -0.2) is 11.3 Å². The van der Waals surface area contributed by atoms with Crippen molar-refractivity contribution in [2.24, 2.45) is 0 Å². The van der Waals surface area contributed by atoms with Gasteiger partial charge in [0.15, 0.2) is 0 Å². The summed E-state index contributed by atoms with van der Waals surface area (Å²) in [4.78, 5) is 17.0. The lowest BCUT2D eigenvalue weighted by Gasteiger charge is -2.15. The zero-order valence-electron chi connectivity index (χ0n) is 10.9. The van der Waals surface area contributed by atoms with Crippen LogP contribution in [0.4, 0.5) is 13.2 Å². The van der Waals surface area contributed by atoms with Crippen molar-refractivity contribution in [3.63, 3.8) is 0 Å². The minimum atomic E-state index is -4.60. The Bertz CT molecular complexity index is 690. The van der Waals surface area contributed by atoms with Crippen LogP contribution in [0.2, 0.25) is 0 Å². The quantitative estimate of drug-likeness (QED) is 0.811. The highest BCUT2D eigenvalue weighted by molar-refractivity contribution is 5.60. The van der Waals surface area contributed by atoms with Crippen LogP contribution in [0.3, 0.4) is 0 Å². The number of nitrogens with zero attached hydrogens (tertiary/aromatic N) is 1. The van der Waals surface area contributed by atoms with Crippen LogP contribution in [0.25, 0.3) is 11.3 Å². The van der Waals surface area contributed by atoms with Gasteiger partial charge in [-0.2, -0.15) is 13.2 Å². The van der Waals surface area contributed by atoms with Gasteiger partial charge < -0.3 is 4.84 Å². The van der Waals surface area contributed by atoms with E-state index in [0.29, 0.717) is 11.6 Å². The van der Waals surface area contributed by atoms with Gasteiger partial charge in [-0.05, 0) is 6.07 Å². The topological polar surface area (TPSA) is 31.2 Å². The molecule has 0 unspecified atom stereocenters. The van der Waals surface area contributed by atoms with Crippen LogP contribution in [0.15, 0.2) is 59.9 Å². The second-order valence-corrected chi connectivity index (χ2v) is 4.21. The summed E-state index contributed by atoms with van der Waals surface area (Å²) in [6.45, 7) is 3.45. The van der Waals surface area contributed by atoms with Crippen molar-refractivity contribution in [2.45, 2.75) is 6.18 Å². The number of benzene rings is 1. The molecule has 1 aromatic carbocycles. The van der Waals surface area contributed by atoms with Gasteiger partial charge in [0.1, 0.15) is 6.61 Å². The molecule has 1 aromatic heterocycles. The molecule has 3 nitrogen and oxygen atoms in total. The average molecular weight is 295 g/mol. The maximum absolute atomic E-state index is 12.8. The van der Waals surface area contributed by atoms with E-state index in [-0.39, 0.29) is 12.3 Å². The average Bonchev–Trinajstić information content (AvgIpc) is 2.45. The molecule has 0 fully saturated rings. The fraction of sp³-hybridized carbons (Fsp3) is 0.133. The van der Waals surface area contributed by atoms with Gasteiger partial charge in [0.05, 0.1) is 11.3 Å². The molecule has 0 saturated heterocycles. The predicted molar refractivity (Wildman–Crippen MR) is 72.8 cm³/mol. The minimum absolute atomic E-state index is 0.00506. The summed E-state index contributed by atoms with van der Waals surface area (Å²) >= 11 is 0. The van der Waals surface area contributed by atoms with E-state index in [4.69, 9.17) is 4.84 Å². The third-order valence-corrected chi connectivity index (χ3v) is 2.71. The van der Waals surface area contributed by atoms with Crippen molar-refractivity contribution in [1.82, 2.24) is 4.73 Å². The minimum Gasteiger partial charge on any atom is -0.406 e. The summed E-state index contributed by atoms with van der Waals surface area (Å²) in [5.74, 6) is 0. The zero-order chi connectivity index (χ0) is 15.5. The Morgan fingerprint density at radius 1 is 1.19 bits per heavy atom. The molecule has 21 heavy (non-hydrogen) atoms. The van der Waals surface area contributed by atoms with Gasteiger partial charge in [0, 0.05) is 11.6 Å². The van der Waals surface area contributed by atoms with Crippen LogP contribution in [0, 0.1) is 0 Å². The molecule has 0 aliphatic heterocycles. The smallest absolute Gasteiger partial charge is 0.406 e. The van der Waals surface area contributed by atoms with Gasteiger partial charge >= 0.3 is 6.18 Å². The molecule has 1 heterocycles. The molecule has 0 amide bonds. The van der Waals surface area contributed by atoms with Crippen molar-refractivity contribution in [2.75, 3.05) is 6.61 Å². The Kier molecular flexibility index (Phi) is 4.16. The summed E-state index contributed by atoms with van der Waals surface area (Å²) in [5, 5.41) is 0. The maximum atomic E-state index is 12.8. The second kappa shape index (κ2) is 5.87. The first-order chi connectivity index (χ1) is 9.93. The summed E-state index contributed by atoms with van der Waals surface area (Å²) in [5.41, 5.74) is -1.41. The highest BCUT2D eigenvalue weighted by Gasteiger charge is 2.32. The van der Waals surface area contributed by atoms with Crippen molar-refractivity contribution < 1.29 is 18.0 Å². The molecule has 0 saturated carbocycles. The summed E-state index contributed by atoms with van der Waals surface area (Å²) in [7, 11) is 0. The SMILES string of the molecule is C=CCOn1c(-c2ccccc2)cc(C(F)(F)F)cc1=O. The van der Waals surface area contributed by atoms with Crippen molar-refractivity contribution >= 4 is 0 Å². The zero-order valence-corrected chi connectivity index (χ0v) is 10.9. The normalized spacial score (nSPS) is 11.2. The van der Waals surface area contributed by atoms with Gasteiger partial charge in [0.2, 0.25) is 0 Å². The Morgan fingerprint density at radius 3 is 2.43 bits per heavy atom. The van der Waals surface area contributed by atoms with E-state index in [1.807, 2.05) is 0 Å². The largest absolute Gasteiger partial charge is 0.416 e. The lowest BCUT2D eigenvalue weighted by Crippen LogP contribution is -2.29. The fourth-order valence-electron chi connectivity index (χ4n) is 1.79. The summed E-state index contributed by atoms with van der Waals surface area (Å²) in [6, 6.07) is 9.65. The molecule has 2 rings (SSSR count). The maximum Gasteiger partial charge on any atom is 0.416 e. The van der Waals surface area contributed by atoms with Gasteiger partial charge in [0.25, 0.3) is 5.56 Å². The van der Waals surface area contributed by atoms with Gasteiger partial charge in [-0.3, -0.25) is 4.79 Å². The molecule has 2 aromatic rings. The van der Waals surface area contributed by atoms with E-state index in [2.05, 4.69) is 6.58 Å². The highest BCUT2D eigenvalue weighted by Crippen LogP contribution is 2.30. The Labute approximate surface area is 118 Å². The molecule has 6 heteroatoms. The lowest BCUT2D eigenvalue weighted by atomic mass is 10.1. The van der Waals surface area contributed by atoms with Crippen LogP contribution in [-0.2, 0) is 6.18 Å². The molecule has 0 bridgehead atoms. The molecule has 0 aliphatic carbocycles. The van der Waals surface area contributed by atoms with Gasteiger partial charge in [-0.1, -0.05) is 43.0 Å². The first-order valence-corrected chi connectivity index (χ1v) is 6.07. The van der Waals surface area contributed by atoms with Gasteiger partial charge in [-0.15, -0.1) is 4.73 Å². The highest BCUT2D eigenvalue weighted by atomic mass is 19.4. The van der Waals surface area contributed by atoms with Crippen LogP contribution in [0.5, 0.6) is 0 Å². The predicted octanol–water partition coefficient (Wildman–Crippen LogP) is 3.15. The van der Waals surface area contributed by atoms with E-state index in [9.17, 15) is 18.0 Å². The van der Waals surface area contributed by atoms with E-state index < -0.39 is 17.3 Å². The number of halogens is 3. The van der Waals surface area contributed by atoms with E-state index >= 15 is 0 Å². The molecule has 0 spiro atoms. The number of aromatic nitrogens is 1. The third kappa shape index (κ3) is 3.34. The Morgan fingerprint density at radius 2 is 1.86 bits per heavy atom. The standard InChI is InChI=1S/C15H12F3NO2/c1-2-8-21-19-13(11-6-4-3-5-7-11)9-12(10-14(19)20)15(16,17)18/h2-7,9-10H,1,8H2. The van der Waals surface area contributed by atoms with E-state index in [1.54, 1.807) is 30.3 Å². The van der Waals surface area contributed by atoms with Crippen LogP contribution in [0.1, 0.15) is 5.56 Å². The Hall–Kier alpha value is -2.50. The van der Waals surface area contributed by atoms with Crippen LogP contribution < -0.4 is 10.4 Å². The Balaban J connectivity index is 2.65. The van der Waals surface area contributed by atoms with Crippen molar-refractivity contribution in [3.05, 3.63) is 71.0 Å². The number of pyridine rings is 1. The molecule has 0 aliphatic rings. The second-order valence-electron chi connectivity index (χ2n) is 4.21. The van der Waals surface area contributed by atoms with E-state index in [1.165, 1.54) is 6.08 Å². The lowest BCUT2D eigenvalue weighted by molar-refractivity contribution is -0.137. The monoisotopic (exact) mass is 295 g/mol. The number of rotatable bonds is 4.